The molecule has 0 aromatic carbocycles. The average Bonchev–Trinajstić information content (AvgIpc) is 3.04. The van der Waals surface area contributed by atoms with E-state index in [9.17, 15) is 4.79 Å². The Morgan fingerprint density at radius 3 is 2.75 bits per heavy atom. The van der Waals surface area contributed by atoms with Crippen molar-refractivity contribution in [3.05, 3.63) is 12.7 Å². The summed E-state index contributed by atoms with van der Waals surface area (Å²) in [5.74, 6) is 0.285. The summed E-state index contributed by atoms with van der Waals surface area (Å²) < 4.78 is 0. The molecule has 1 saturated carbocycles. The fraction of sp³-hybridized carbons (Fsp3) is 0.769. The first-order valence-electron chi connectivity index (χ1n) is 6.29. The highest BCUT2D eigenvalue weighted by Gasteiger charge is 2.31. The van der Waals surface area contributed by atoms with Crippen LogP contribution in [0.3, 0.4) is 0 Å². The third kappa shape index (κ3) is 4.79. The highest BCUT2D eigenvalue weighted by atomic mass is 16.2. The third-order valence-electron chi connectivity index (χ3n) is 2.75. The van der Waals surface area contributed by atoms with Crippen LogP contribution in [0, 0.1) is 0 Å². The van der Waals surface area contributed by atoms with Gasteiger partial charge in [0.05, 0.1) is 0 Å². The zero-order valence-corrected chi connectivity index (χ0v) is 10.5. The van der Waals surface area contributed by atoms with Crippen molar-refractivity contribution in [3.8, 4) is 0 Å². The Morgan fingerprint density at radius 1 is 1.56 bits per heavy atom. The van der Waals surface area contributed by atoms with Crippen molar-refractivity contribution in [1.29, 1.82) is 0 Å². The maximum Gasteiger partial charge on any atom is 0.223 e. The van der Waals surface area contributed by atoms with E-state index in [1.807, 2.05) is 11.0 Å². The lowest BCUT2D eigenvalue weighted by atomic mass is 10.2. The van der Waals surface area contributed by atoms with Gasteiger partial charge in [0.25, 0.3) is 0 Å². The van der Waals surface area contributed by atoms with Crippen LogP contribution in [0.4, 0.5) is 0 Å². The Morgan fingerprint density at radius 2 is 2.25 bits per heavy atom. The van der Waals surface area contributed by atoms with Gasteiger partial charge < -0.3 is 10.2 Å². The fourth-order valence-corrected chi connectivity index (χ4v) is 1.75. The van der Waals surface area contributed by atoms with Gasteiger partial charge in [0.2, 0.25) is 5.91 Å². The van der Waals surface area contributed by atoms with Crippen LogP contribution in [-0.2, 0) is 4.79 Å². The van der Waals surface area contributed by atoms with Crippen LogP contribution in [0.25, 0.3) is 0 Å². The van der Waals surface area contributed by atoms with Gasteiger partial charge in [-0.2, -0.15) is 0 Å². The molecule has 0 radical (unpaired) electrons. The van der Waals surface area contributed by atoms with Gasteiger partial charge in [-0.1, -0.05) is 19.9 Å². The molecule has 92 valence electrons. The molecule has 3 nitrogen and oxygen atoms in total. The molecule has 1 aliphatic carbocycles. The van der Waals surface area contributed by atoms with Crippen LogP contribution < -0.4 is 5.32 Å². The van der Waals surface area contributed by atoms with Crippen LogP contribution in [0.15, 0.2) is 12.7 Å². The minimum atomic E-state index is 0.285. The first-order valence-corrected chi connectivity index (χ1v) is 6.29. The predicted molar refractivity (Wildman–Crippen MR) is 67.3 cm³/mol. The van der Waals surface area contributed by atoms with Gasteiger partial charge in [-0.05, 0) is 25.8 Å². The Hall–Kier alpha value is -0.830. The molecule has 3 heteroatoms. The SMILES string of the molecule is C=CCN(C(=O)CCCNC(C)C)C1CC1. The molecule has 0 saturated heterocycles. The van der Waals surface area contributed by atoms with E-state index in [1.54, 1.807) is 0 Å². The van der Waals surface area contributed by atoms with Gasteiger partial charge in [0, 0.05) is 25.0 Å². The van der Waals surface area contributed by atoms with E-state index in [4.69, 9.17) is 0 Å². The van der Waals surface area contributed by atoms with Crippen molar-refractivity contribution in [1.82, 2.24) is 10.2 Å². The Labute approximate surface area is 98.9 Å². The molecule has 0 unspecified atom stereocenters. The average molecular weight is 224 g/mol. The number of rotatable bonds is 8. The standard InChI is InChI=1S/C13H24N2O/c1-4-10-15(12-7-8-12)13(16)6-5-9-14-11(2)3/h4,11-12,14H,1,5-10H2,2-3H3. The summed E-state index contributed by atoms with van der Waals surface area (Å²) in [6.07, 6.45) is 5.75. The summed E-state index contributed by atoms with van der Waals surface area (Å²) in [5, 5.41) is 3.33. The quantitative estimate of drug-likeness (QED) is 0.505. The summed E-state index contributed by atoms with van der Waals surface area (Å²) in [6.45, 7) is 9.58. The highest BCUT2D eigenvalue weighted by Crippen LogP contribution is 2.27. The zero-order valence-electron chi connectivity index (χ0n) is 10.5. The number of nitrogens with one attached hydrogen (secondary N) is 1. The molecule has 1 amide bonds. The second-order valence-corrected chi connectivity index (χ2v) is 4.78. The number of carbonyl (C=O) groups is 1. The monoisotopic (exact) mass is 224 g/mol. The maximum atomic E-state index is 11.9. The molecule has 1 fully saturated rings. The summed E-state index contributed by atoms with van der Waals surface area (Å²) in [5.41, 5.74) is 0. The van der Waals surface area contributed by atoms with Crippen LogP contribution in [0.1, 0.15) is 39.5 Å². The predicted octanol–water partition coefficient (Wildman–Crippen LogP) is 1.94. The number of hydrogen-bond donors (Lipinski definition) is 1. The molecule has 0 aliphatic heterocycles. The second-order valence-electron chi connectivity index (χ2n) is 4.78. The van der Waals surface area contributed by atoms with E-state index < -0.39 is 0 Å². The zero-order chi connectivity index (χ0) is 12.0. The van der Waals surface area contributed by atoms with E-state index in [0.29, 0.717) is 25.0 Å². The van der Waals surface area contributed by atoms with E-state index in [0.717, 1.165) is 13.0 Å². The maximum absolute atomic E-state index is 11.9. The number of nitrogens with zero attached hydrogens (tertiary/aromatic N) is 1. The first-order chi connectivity index (χ1) is 7.65. The summed E-state index contributed by atoms with van der Waals surface area (Å²) in [6, 6.07) is 1.01. The lowest BCUT2D eigenvalue weighted by molar-refractivity contribution is -0.131. The lowest BCUT2D eigenvalue weighted by Gasteiger charge is -2.20. The summed E-state index contributed by atoms with van der Waals surface area (Å²) >= 11 is 0. The minimum Gasteiger partial charge on any atom is -0.336 e. The fourth-order valence-electron chi connectivity index (χ4n) is 1.75. The largest absolute Gasteiger partial charge is 0.336 e. The Kier molecular flexibility index (Phi) is 5.53. The molecule has 0 aromatic heterocycles. The molecule has 0 aromatic rings. The molecule has 0 atom stereocenters. The molecule has 16 heavy (non-hydrogen) atoms. The van der Waals surface area contributed by atoms with Gasteiger partial charge in [0.15, 0.2) is 0 Å². The molecule has 1 N–H and O–H groups in total. The molecule has 1 rings (SSSR count). The van der Waals surface area contributed by atoms with Crippen molar-refractivity contribution in [2.45, 2.75) is 51.6 Å². The first kappa shape index (κ1) is 13.2. The van der Waals surface area contributed by atoms with Crippen LogP contribution in [0.2, 0.25) is 0 Å². The molecule has 0 heterocycles. The van der Waals surface area contributed by atoms with Gasteiger partial charge in [-0.3, -0.25) is 4.79 Å². The number of carbonyl (C=O) groups excluding carboxylic acids is 1. The summed E-state index contributed by atoms with van der Waals surface area (Å²) in [4.78, 5) is 13.9. The van der Waals surface area contributed by atoms with Gasteiger partial charge in [-0.15, -0.1) is 6.58 Å². The van der Waals surface area contributed by atoms with E-state index in [1.165, 1.54) is 12.8 Å². The summed E-state index contributed by atoms with van der Waals surface area (Å²) in [7, 11) is 0. The normalized spacial score (nSPS) is 15.2. The van der Waals surface area contributed by atoms with Gasteiger partial charge in [0.1, 0.15) is 0 Å². The third-order valence-corrected chi connectivity index (χ3v) is 2.75. The van der Waals surface area contributed by atoms with Crippen molar-refractivity contribution in [2.75, 3.05) is 13.1 Å². The van der Waals surface area contributed by atoms with Crippen LogP contribution >= 0.6 is 0 Å². The number of amides is 1. The van der Waals surface area contributed by atoms with Gasteiger partial charge in [-0.25, -0.2) is 0 Å². The molecule has 0 bridgehead atoms. The van der Waals surface area contributed by atoms with E-state index in [-0.39, 0.29) is 5.91 Å². The lowest BCUT2D eigenvalue weighted by Crippen LogP contribution is -2.34. The van der Waals surface area contributed by atoms with Crippen molar-refractivity contribution < 1.29 is 4.79 Å². The molecular weight excluding hydrogens is 200 g/mol. The molecule has 1 aliphatic rings. The van der Waals surface area contributed by atoms with E-state index in [2.05, 4.69) is 25.7 Å². The van der Waals surface area contributed by atoms with Gasteiger partial charge >= 0.3 is 0 Å². The van der Waals surface area contributed by atoms with Crippen molar-refractivity contribution in [2.24, 2.45) is 0 Å². The van der Waals surface area contributed by atoms with Crippen molar-refractivity contribution in [3.63, 3.8) is 0 Å². The topological polar surface area (TPSA) is 32.3 Å². The van der Waals surface area contributed by atoms with Crippen molar-refractivity contribution >= 4 is 5.91 Å². The minimum absolute atomic E-state index is 0.285. The highest BCUT2D eigenvalue weighted by molar-refractivity contribution is 5.77. The van der Waals surface area contributed by atoms with E-state index >= 15 is 0 Å². The smallest absolute Gasteiger partial charge is 0.223 e. The van der Waals surface area contributed by atoms with Crippen LogP contribution in [-0.4, -0.2) is 36.0 Å². The number of hydrogen-bond acceptors (Lipinski definition) is 2. The van der Waals surface area contributed by atoms with Crippen LogP contribution in [0.5, 0.6) is 0 Å². The Bertz CT molecular complexity index is 234. The molecule has 0 spiro atoms. The molecular formula is C13H24N2O. The Balaban J connectivity index is 2.18. The second kappa shape index (κ2) is 6.69.